The molecule has 0 aromatic heterocycles. The van der Waals surface area contributed by atoms with Gasteiger partial charge in [0, 0.05) is 25.4 Å². The summed E-state index contributed by atoms with van der Waals surface area (Å²) in [6.45, 7) is 5.35. The number of benzene rings is 1. The molecule has 1 atom stereocenters. The summed E-state index contributed by atoms with van der Waals surface area (Å²) in [7, 11) is 1.73. The zero-order valence-corrected chi connectivity index (χ0v) is 13.5. The van der Waals surface area contributed by atoms with Gasteiger partial charge in [-0.1, -0.05) is 6.92 Å². The molecule has 0 amide bonds. The van der Waals surface area contributed by atoms with Gasteiger partial charge in [-0.25, -0.2) is 8.78 Å². The molecule has 0 aliphatic carbocycles. The standard InChI is InChI=1S/C15H24F2N2S/c1-5-6-18-9-12-7-13(16)15(14(17)8-12)19(3)11(2)10-20-4/h7-8,11,18H,5-6,9-10H2,1-4H3. The van der Waals surface area contributed by atoms with Gasteiger partial charge in [0.2, 0.25) is 0 Å². The normalized spacial score (nSPS) is 12.5. The van der Waals surface area contributed by atoms with Crippen LogP contribution in [0.2, 0.25) is 0 Å². The monoisotopic (exact) mass is 302 g/mol. The van der Waals surface area contributed by atoms with E-state index in [4.69, 9.17) is 0 Å². The van der Waals surface area contributed by atoms with E-state index < -0.39 is 11.6 Å². The molecular weight excluding hydrogens is 278 g/mol. The number of anilines is 1. The minimum absolute atomic E-state index is 0.0609. The number of nitrogens with one attached hydrogen (secondary N) is 1. The molecule has 1 unspecified atom stereocenters. The molecule has 0 spiro atoms. The smallest absolute Gasteiger partial charge is 0.149 e. The Hall–Kier alpha value is -0.810. The van der Waals surface area contributed by atoms with Gasteiger partial charge < -0.3 is 10.2 Å². The number of halogens is 2. The van der Waals surface area contributed by atoms with Crippen molar-refractivity contribution in [1.82, 2.24) is 5.32 Å². The van der Waals surface area contributed by atoms with Gasteiger partial charge in [0.1, 0.15) is 17.3 Å². The van der Waals surface area contributed by atoms with Crippen LogP contribution in [0.15, 0.2) is 12.1 Å². The Kier molecular flexibility index (Phi) is 7.30. The lowest BCUT2D eigenvalue weighted by Gasteiger charge is -2.27. The molecule has 1 rings (SSSR count). The molecular formula is C15H24F2N2S. The molecule has 0 radical (unpaired) electrons. The molecule has 0 saturated heterocycles. The van der Waals surface area contributed by atoms with Crippen molar-refractivity contribution in [3.63, 3.8) is 0 Å². The van der Waals surface area contributed by atoms with Crippen molar-refractivity contribution in [1.29, 1.82) is 0 Å². The third-order valence-electron chi connectivity index (χ3n) is 3.25. The molecule has 1 aromatic carbocycles. The van der Waals surface area contributed by atoms with Gasteiger partial charge in [0.05, 0.1) is 0 Å². The molecule has 0 saturated carbocycles. The van der Waals surface area contributed by atoms with E-state index in [1.165, 1.54) is 12.1 Å². The summed E-state index contributed by atoms with van der Waals surface area (Å²) < 4.78 is 28.3. The number of nitrogens with zero attached hydrogens (tertiary/aromatic N) is 1. The van der Waals surface area contributed by atoms with Gasteiger partial charge >= 0.3 is 0 Å². The van der Waals surface area contributed by atoms with Crippen molar-refractivity contribution >= 4 is 17.4 Å². The maximum atomic E-state index is 14.2. The van der Waals surface area contributed by atoms with E-state index in [0.29, 0.717) is 12.1 Å². The van der Waals surface area contributed by atoms with Crippen molar-refractivity contribution in [2.45, 2.75) is 32.9 Å². The van der Waals surface area contributed by atoms with E-state index in [1.54, 1.807) is 23.7 Å². The number of thioether (sulfide) groups is 1. The molecule has 2 nitrogen and oxygen atoms in total. The lowest BCUT2D eigenvalue weighted by molar-refractivity contribution is 0.561. The predicted octanol–water partition coefficient (Wildman–Crippen LogP) is 3.65. The first-order valence-corrected chi connectivity index (χ1v) is 8.31. The third-order valence-corrected chi connectivity index (χ3v) is 4.07. The van der Waals surface area contributed by atoms with Crippen molar-refractivity contribution in [3.05, 3.63) is 29.3 Å². The third kappa shape index (κ3) is 4.63. The van der Waals surface area contributed by atoms with Crippen molar-refractivity contribution < 1.29 is 8.78 Å². The molecule has 0 aliphatic heterocycles. The Balaban J connectivity index is 2.88. The molecule has 5 heteroatoms. The molecule has 1 aromatic rings. The number of hydrogen-bond donors (Lipinski definition) is 1. The van der Waals surface area contributed by atoms with E-state index in [2.05, 4.69) is 12.2 Å². The fourth-order valence-electron chi connectivity index (χ4n) is 2.04. The second kappa shape index (κ2) is 8.47. The highest BCUT2D eigenvalue weighted by atomic mass is 32.2. The van der Waals surface area contributed by atoms with E-state index in [-0.39, 0.29) is 11.7 Å². The molecule has 0 bridgehead atoms. The highest BCUT2D eigenvalue weighted by molar-refractivity contribution is 7.98. The SMILES string of the molecule is CCCNCc1cc(F)c(N(C)C(C)CSC)c(F)c1. The molecule has 20 heavy (non-hydrogen) atoms. The minimum atomic E-state index is -0.492. The van der Waals surface area contributed by atoms with Crippen molar-refractivity contribution in [2.24, 2.45) is 0 Å². The Morgan fingerprint density at radius 2 is 1.90 bits per heavy atom. The summed E-state index contributed by atoms with van der Waals surface area (Å²) in [5.41, 5.74) is 0.703. The van der Waals surface area contributed by atoms with Gasteiger partial charge in [0.15, 0.2) is 0 Å². The van der Waals surface area contributed by atoms with E-state index in [1.807, 2.05) is 13.2 Å². The zero-order chi connectivity index (χ0) is 15.1. The van der Waals surface area contributed by atoms with Crippen LogP contribution >= 0.6 is 11.8 Å². The van der Waals surface area contributed by atoms with Gasteiger partial charge in [-0.05, 0) is 43.8 Å². The van der Waals surface area contributed by atoms with Crippen LogP contribution in [0.4, 0.5) is 14.5 Å². The second-order valence-corrected chi connectivity index (χ2v) is 5.91. The molecule has 0 heterocycles. The minimum Gasteiger partial charge on any atom is -0.366 e. The lowest BCUT2D eigenvalue weighted by Crippen LogP contribution is -2.32. The number of hydrogen-bond acceptors (Lipinski definition) is 3. The summed E-state index contributed by atoms with van der Waals surface area (Å²) in [6.07, 6.45) is 2.98. The molecule has 0 fully saturated rings. The Bertz CT molecular complexity index is 403. The summed E-state index contributed by atoms with van der Waals surface area (Å²) in [4.78, 5) is 1.67. The van der Waals surface area contributed by atoms with E-state index in [9.17, 15) is 8.78 Å². The van der Waals surface area contributed by atoms with Crippen LogP contribution in [0.3, 0.4) is 0 Å². The van der Waals surface area contributed by atoms with Gasteiger partial charge in [0.25, 0.3) is 0 Å². The fourth-order valence-corrected chi connectivity index (χ4v) is 2.75. The van der Waals surface area contributed by atoms with E-state index >= 15 is 0 Å². The topological polar surface area (TPSA) is 15.3 Å². The van der Waals surface area contributed by atoms with Crippen molar-refractivity contribution in [3.8, 4) is 0 Å². The number of rotatable bonds is 8. The second-order valence-electron chi connectivity index (χ2n) is 5.00. The molecule has 114 valence electrons. The zero-order valence-electron chi connectivity index (χ0n) is 12.7. The first-order valence-electron chi connectivity index (χ1n) is 6.91. The molecule has 1 N–H and O–H groups in total. The summed E-state index contributed by atoms with van der Waals surface area (Å²) in [5, 5.41) is 3.15. The van der Waals surface area contributed by atoms with Crippen LogP contribution in [0.25, 0.3) is 0 Å². The first-order chi connectivity index (χ1) is 9.51. The van der Waals surface area contributed by atoms with Gasteiger partial charge in [-0.15, -0.1) is 0 Å². The maximum Gasteiger partial charge on any atom is 0.149 e. The van der Waals surface area contributed by atoms with Crippen LogP contribution in [0.1, 0.15) is 25.8 Å². The Labute approximate surface area is 124 Å². The lowest BCUT2D eigenvalue weighted by atomic mass is 10.1. The summed E-state index contributed by atoms with van der Waals surface area (Å²) in [5.74, 6) is -0.155. The maximum absolute atomic E-state index is 14.2. The average molecular weight is 302 g/mol. The van der Waals surface area contributed by atoms with Gasteiger partial charge in [-0.3, -0.25) is 0 Å². The molecule has 0 aliphatic rings. The quantitative estimate of drug-likeness (QED) is 0.738. The van der Waals surface area contributed by atoms with Crippen LogP contribution in [-0.4, -0.2) is 31.6 Å². The average Bonchev–Trinajstić information content (AvgIpc) is 2.38. The first kappa shape index (κ1) is 17.2. The largest absolute Gasteiger partial charge is 0.366 e. The van der Waals surface area contributed by atoms with Crippen LogP contribution in [0, 0.1) is 11.6 Å². The summed E-state index contributed by atoms with van der Waals surface area (Å²) >= 11 is 1.66. The highest BCUT2D eigenvalue weighted by Crippen LogP contribution is 2.26. The Morgan fingerprint density at radius 1 is 1.30 bits per heavy atom. The van der Waals surface area contributed by atoms with E-state index in [0.717, 1.165) is 18.7 Å². The predicted molar refractivity (Wildman–Crippen MR) is 84.6 cm³/mol. The summed E-state index contributed by atoms with van der Waals surface area (Å²) in [6, 6.07) is 2.92. The van der Waals surface area contributed by atoms with Crippen LogP contribution < -0.4 is 10.2 Å². The highest BCUT2D eigenvalue weighted by Gasteiger charge is 2.19. The van der Waals surface area contributed by atoms with Gasteiger partial charge in [-0.2, -0.15) is 11.8 Å². The van der Waals surface area contributed by atoms with Crippen LogP contribution in [-0.2, 0) is 6.54 Å². The fraction of sp³-hybridized carbons (Fsp3) is 0.600. The Morgan fingerprint density at radius 3 is 2.40 bits per heavy atom. The van der Waals surface area contributed by atoms with Crippen LogP contribution in [0.5, 0.6) is 0 Å². The van der Waals surface area contributed by atoms with Crippen molar-refractivity contribution in [2.75, 3.05) is 30.5 Å².